The van der Waals surface area contributed by atoms with Gasteiger partial charge in [-0.2, -0.15) is 11.3 Å². The van der Waals surface area contributed by atoms with Crippen molar-refractivity contribution in [3.05, 3.63) is 22.4 Å². The number of carbonyl (C=O) groups is 2. The first-order chi connectivity index (χ1) is 8.08. The van der Waals surface area contributed by atoms with Crippen molar-refractivity contribution < 1.29 is 14.7 Å². The molecule has 0 aliphatic rings. The fourth-order valence-electron chi connectivity index (χ4n) is 1.44. The van der Waals surface area contributed by atoms with Gasteiger partial charge >= 0.3 is 5.97 Å². The Bertz CT molecular complexity index is 362. The van der Waals surface area contributed by atoms with Crippen LogP contribution in [0.3, 0.4) is 0 Å². The molecule has 17 heavy (non-hydrogen) atoms. The van der Waals surface area contributed by atoms with E-state index < -0.39 is 5.97 Å². The van der Waals surface area contributed by atoms with Gasteiger partial charge in [0.2, 0.25) is 5.91 Å². The highest BCUT2D eigenvalue weighted by atomic mass is 32.1. The molecule has 0 radical (unpaired) electrons. The Balaban J connectivity index is 2.15. The monoisotopic (exact) mass is 255 g/mol. The topological polar surface area (TPSA) is 66.4 Å². The van der Waals surface area contributed by atoms with Crippen LogP contribution in [-0.2, 0) is 16.0 Å². The van der Waals surface area contributed by atoms with Gasteiger partial charge in [0.15, 0.2) is 0 Å². The predicted octanol–water partition coefficient (Wildman–Crippen LogP) is 1.91. The molecule has 0 fully saturated rings. The van der Waals surface area contributed by atoms with E-state index in [0.717, 1.165) is 6.42 Å². The summed E-state index contributed by atoms with van der Waals surface area (Å²) in [5, 5.41) is 15.3. The van der Waals surface area contributed by atoms with E-state index in [-0.39, 0.29) is 18.2 Å². The van der Waals surface area contributed by atoms with Gasteiger partial charge in [0.1, 0.15) is 0 Å². The van der Waals surface area contributed by atoms with E-state index in [4.69, 9.17) is 5.11 Å². The molecule has 0 spiro atoms. The Morgan fingerprint density at radius 3 is 2.88 bits per heavy atom. The second-order valence-corrected chi connectivity index (χ2v) is 4.92. The van der Waals surface area contributed by atoms with Crippen molar-refractivity contribution in [1.82, 2.24) is 5.32 Å². The number of aryl methyl sites for hydroxylation is 1. The summed E-state index contributed by atoms with van der Waals surface area (Å²) >= 11 is 1.62. The average molecular weight is 255 g/mol. The molecule has 1 rings (SSSR count). The molecular weight excluding hydrogens is 238 g/mol. The lowest BCUT2D eigenvalue weighted by atomic mass is 10.1. The van der Waals surface area contributed by atoms with E-state index in [0.29, 0.717) is 13.0 Å². The third kappa shape index (κ3) is 6.06. The van der Waals surface area contributed by atoms with Crippen molar-refractivity contribution in [2.75, 3.05) is 6.54 Å². The second kappa shape index (κ2) is 7.06. The van der Waals surface area contributed by atoms with Gasteiger partial charge in [-0.1, -0.05) is 6.92 Å². The van der Waals surface area contributed by atoms with Gasteiger partial charge < -0.3 is 10.4 Å². The Kier molecular flexibility index (Phi) is 5.69. The van der Waals surface area contributed by atoms with E-state index in [1.165, 1.54) is 5.56 Å². The minimum Gasteiger partial charge on any atom is -0.481 e. The molecule has 0 aliphatic heterocycles. The fourth-order valence-corrected chi connectivity index (χ4v) is 2.14. The first-order valence-corrected chi connectivity index (χ1v) is 6.51. The number of hydrogen-bond acceptors (Lipinski definition) is 3. The maximum absolute atomic E-state index is 11.5. The van der Waals surface area contributed by atoms with Crippen molar-refractivity contribution in [3.8, 4) is 0 Å². The quantitative estimate of drug-likeness (QED) is 0.782. The van der Waals surface area contributed by atoms with Crippen LogP contribution in [-0.4, -0.2) is 23.5 Å². The molecule has 1 amide bonds. The largest absolute Gasteiger partial charge is 0.481 e. The highest BCUT2D eigenvalue weighted by Crippen LogP contribution is 2.08. The first kappa shape index (κ1) is 13.7. The second-order valence-electron chi connectivity index (χ2n) is 4.14. The van der Waals surface area contributed by atoms with Crippen LogP contribution in [0.4, 0.5) is 0 Å². The summed E-state index contributed by atoms with van der Waals surface area (Å²) in [6.07, 6.45) is 1.28. The van der Waals surface area contributed by atoms with Gasteiger partial charge in [0.25, 0.3) is 0 Å². The summed E-state index contributed by atoms with van der Waals surface area (Å²) in [6.45, 7) is 2.24. The van der Waals surface area contributed by atoms with Crippen LogP contribution < -0.4 is 5.32 Å². The zero-order chi connectivity index (χ0) is 12.7. The van der Waals surface area contributed by atoms with E-state index in [2.05, 4.69) is 5.32 Å². The van der Waals surface area contributed by atoms with Crippen LogP contribution in [0.1, 0.15) is 25.3 Å². The summed E-state index contributed by atoms with van der Waals surface area (Å²) in [5.41, 5.74) is 1.17. The zero-order valence-electron chi connectivity index (χ0n) is 9.81. The number of amides is 1. The SMILES string of the molecule is CC(CNC(=O)CCc1ccsc1)CC(=O)O. The molecule has 0 saturated heterocycles. The molecule has 94 valence electrons. The lowest BCUT2D eigenvalue weighted by Crippen LogP contribution is -2.29. The van der Waals surface area contributed by atoms with E-state index in [9.17, 15) is 9.59 Å². The molecular formula is C12H17NO3S. The molecule has 2 N–H and O–H groups in total. The average Bonchev–Trinajstić information content (AvgIpc) is 2.75. The zero-order valence-corrected chi connectivity index (χ0v) is 10.6. The number of hydrogen-bond donors (Lipinski definition) is 2. The van der Waals surface area contributed by atoms with Gasteiger partial charge in [0, 0.05) is 19.4 Å². The highest BCUT2D eigenvalue weighted by Gasteiger charge is 2.09. The van der Waals surface area contributed by atoms with Crippen molar-refractivity contribution in [2.45, 2.75) is 26.2 Å². The van der Waals surface area contributed by atoms with Gasteiger partial charge in [-0.3, -0.25) is 9.59 Å². The van der Waals surface area contributed by atoms with Crippen LogP contribution in [0.5, 0.6) is 0 Å². The molecule has 1 aromatic rings. The Labute approximate surface area is 105 Å². The summed E-state index contributed by atoms with van der Waals surface area (Å²) in [5.74, 6) is -0.879. The molecule has 1 unspecified atom stereocenters. The third-order valence-electron chi connectivity index (χ3n) is 2.39. The summed E-state index contributed by atoms with van der Waals surface area (Å²) in [7, 11) is 0. The van der Waals surface area contributed by atoms with Gasteiger partial charge in [-0.15, -0.1) is 0 Å². The number of nitrogens with one attached hydrogen (secondary N) is 1. The fraction of sp³-hybridized carbons (Fsp3) is 0.500. The predicted molar refractivity (Wildman–Crippen MR) is 67.1 cm³/mol. The van der Waals surface area contributed by atoms with Gasteiger partial charge in [-0.05, 0) is 34.7 Å². The number of aliphatic carboxylic acids is 1. The number of carboxylic acid groups (broad SMARTS) is 1. The summed E-state index contributed by atoms with van der Waals surface area (Å²) < 4.78 is 0. The molecule has 0 saturated carbocycles. The van der Waals surface area contributed by atoms with Gasteiger partial charge in [-0.25, -0.2) is 0 Å². The smallest absolute Gasteiger partial charge is 0.303 e. The Morgan fingerprint density at radius 1 is 1.53 bits per heavy atom. The van der Waals surface area contributed by atoms with Crippen molar-refractivity contribution in [2.24, 2.45) is 5.92 Å². The van der Waals surface area contributed by atoms with Crippen molar-refractivity contribution >= 4 is 23.2 Å². The molecule has 1 atom stereocenters. The number of carboxylic acids is 1. The summed E-state index contributed by atoms with van der Waals surface area (Å²) in [6, 6.07) is 2.00. The van der Waals surface area contributed by atoms with Crippen LogP contribution in [0.25, 0.3) is 0 Å². The molecule has 0 bridgehead atoms. The van der Waals surface area contributed by atoms with Crippen LogP contribution in [0, 0.1) is 5.92 Å². The van der Waals surface area contributed by atoms with Crippen LogP contribution in [0.2, 0.25) is 0 Å². The number of thiophene rings is 1. The molecule has 0 aromatic carbocycles. The number of carbonyl (C=O) groups excluding carboxylic acids is 1. The van der Waals surface area contributed by atoms with Crippen LogP contribution in [0.15, 0.2) is 16.8 Å². The Morgan fingerprint density at radius 2 is 2.29 bits per heavy atom. The van der Waals surface area contributed by atoms with Crippen molar-refractivity contribution in [1.29, 1.82) is 0 Å². The van der Waals surface area contributed by atoms with Gasteiger partial charge in [0.05, 0.1) is 0 Å². The normalized spacial score (nSPS) is 12.1. The molecule has 4 nitrogen and oxygen atoms in total. The van der Waals surface area contributed by atoms with Crippen molar-refractivity contribution in [3.63, 3.8) is 0 Å². The molecule has 5 heteroatoms. The Hall–Kier alpha value is -1.36. The molecule has 1 heterocycles. The number of rotatable bonds is 7. The van der Waals surface area contributed by atoms with E-state index in [1.807, 2.05) is 23.8 Å². The van der Waals surface area contributed by atoms with Crippen LogP contribution >= 0.6 is 11.3 Å². The maximum Gasteiger partial charge on any atom is 0.303 e. The lowest BCUT2D eigenvalue weighted by molar-refractivity contribution is -0.138. The lowest BCUT2D eigenvalue weighted by Gasteiger charge is -2.09. The van der Waals surface area contributed by atoms with E-state index in [1.54, 1.807) is 11.3 Å². The minimum atomic E-state index is -0.829. The molecule has 1 aromatic heterocycles. The highest BCUT2D eigenvalue weighted by molar-refractivity contribution is 7.07. The van der Waals surface area contributed by atoms with E-state index >= 15 is 0 Å². The third-order valence-corrected chi connectivity index (χ3v) is 3.12. The molecule has 0 aliphatic carbocycles. The summed E-state index contributed by atoms with van der Waals surface area (Å²) in [4.78, 5) is 21.9. The minimum absolute atomic E-state index is 0.0200. The first-order valence-electron chi connectivity index (χ1n) is 5.57. The maximum atomic E-state index is 11.5. The standard InChI is InChI=1S/C12H17NO3S/c1-9(6-12(15)16)7-13-11(14)3-2-10-4-5-17-8-10/h4-5,8-9H,2-3,6-7H2,1H3,(H,13,14)(H,15,16).